The lowest BCUT2D eigenvalue weighted by atomic mass is 10.1. The zero-order chi connectivity index (χ0) is 13.8. The lowest BCUT2D eigenvalue weighted by molar-refractivity contribution is -0.139. The molecule has 0 aromatic rings. The second kappa shape index (κ2) is 6.41. The van der Waals surface area contributed by atoms with Gasteiger partial charge in [0.2, 0.25) is 5.91 Å². The molecule has 2 unspecified atom stereocenters. The van der Waals surface area contributed by atoms with Crippen LogP contribution in [0, 0.1) is 5.92 Å². The van der Waals surface area contributed by atoms with Crippen molar-refractivity contribution in [2.75, 3.05) is 6.54 Å². The van der Waals surface area contributed by atoms with Crippen molar-refractivity contribution >= 4 is 5.91 Å². The average Bonchev–Trinajstić information content (AvgIpc) is 3.07. The van der Waals surface area contributed by atoms with Crippen LogP contribution in [-0.4, -0.2) is 30.7 Å². The van der Waals surface area contributed by atoms with Crippen LogP contribution in [0.3, 0.4) is 0 Å². The van der Waals surface area contributed by atoms with Gasteiger partial charge in [0.1, 0.15) is 6.54 Å². The molecule has 1 rings (SSSR count). The summed E-state index contributed by atoms with van der Waals surface area (Å²) in [7, 11) is 0. The molecule has 2 N–H and O–H groups in total. The van der Waals surface area contributed by atoms with Crippen molar-refractivity contribution < 1.29 is 18.0 Å². The Morgan fingerprint density at radius 3 is 2.44 bits per heavy atom. The first-order chi connectivity index (χ1) is 8.31. The van der Waals surface area contributed by atoms with Gasteiger partial charge in [0.25, 0.3) is 0 Å². The first-order valence-electron chi connectivity index (χ1n) is 6.42. The van der Waals surface area contributed by atoms with Gasteiger partial charge in [-0.05, 0) is 25.7 Å². The third kappa shape index (κ3) is 6.23. The highest BCUT2D eigenvalue weighted by atomic mass is 19.4. The summed E-state index contributed by atoms with van der Waals surface area (Å²) in [6.45, 7) is 2.35. The van der Waals surface area contributed by atoms with Gasteiger partial charge in [-0.25, -0.2) is 0 Å². The topological polar surface area (TPSA) is 41.1 Å². The molecule has 0 aromatic heterocycles. The van der Waals surface area contributed by atoms with Crippen molar-refractivity contribution in [2.45, 2.75) is 57.8 Å². The fraction of sp³-hybridized carbons (Fsp3) is 0.917. The van der Waals surface area contributed by atoms with Crippen LogP contribution in [0.25, 0.3) is 0 Å². The summed E-state index contributed by atoms with van der Waals surface area (Å²) in [6, 6.07) is -0.375. The Balaban J connectivity index is 2.28. The maximum absolute atomic E-state index is 12.0. The molecule has 1 aliphatic rings. The number of rotatable bonds is 7. The normalized spacial score (nSPS) is 19.4. The van der Waals surface area contributed by atoms with Crippen molar-refractivity contribution in [3.8, 4) is 0 Å². The molecule has 0 saturated heterocycles. The first kappa shape index (κ1) is 15.3. The number of carbonyl (C=O) groups excluding carboxylic acids is 1. The molecule has 2 atom stereocenters. The largest absolute Gasteiger partial charge is 0.405 e. The number of hydrogen-bond donors (Lipinski definition) is 2. The third-order valence-corrected chi connectivity index (χ3v) is 3.15. The van der Waals surface area contributed by atoms with Crippen LogP contribution in [0.2, 0.25) is 0 Å². The van der Waals surface area contributed by atoms with Crippen LogP contribution in [0.15, 0.2) is 0 Å². The Morgan fingerprint density at radius 2 is 2.00 bits per heavy atom. The van der Waals surface area contributed by atoms with Gasteiger partial charge in [0.05, 0.1) is 6.04 Å². The van der Waals surface area contributed by atoms with Gasteiger partial charge in [0, 0.05) is 6.04 Å². The van der Waals surface area contributed by atoms with Crippen molar-refractivity contribution in [3.05, 3.63) is 0 Å². The quantitative estimate of drug-likeness (QED) is 0.742. The van der Waals surface area contributed by atoms with E-state index in [4.69, 9.17) is 0 Å². The second-order valence-electron chi connectivity index (χ2n) is 5.01. The molecule has 1 amide bonds. The van der Waals surface area contributed by atoms with E-state index in [1.807, 2.05) is 12.2 Å². The minimum Gasteiger partial charge on any atom is -0.346 e. The molecule has 106 valence electrons. The Labute approximate surface area is 106 Å². The summed E-state index contributed by atoms with van der Waals surface area (Å²) in [6.07, 6.45) is -0.00596. The first-order valence-corrected chi connectivity index (χ1v) is 6.42. The van der Waals surface area contributed by atoms with Gasteiger partial charge in [-0.3, -0.25) is 4.79 Å². The predicted molar refractivity (Wildman–Crippen MR) is 63.1 cm³/mol. The number of nitrogens with one attached hydrogen (secondary N) is 2. The fourth-order valence-electron chi connectivity index (χ4n) is 1.88. The Morgan fingerprint density at radius 1 is 1.39 bits per heavy atom. The molecule has 0 aromatic carbocycles. The Kier molecular flexibility index (Phi) is 5.44. The molecule has 1 fully saturated rings. The van der Waals surface area contributed by atoms with E-state index in [9.17, 15) is 18.0 Å². The maximum atomic E-state index is 12.0. The summed E-state index contributed by atoms with van der Waals surface area (Å²) in [5.41, 5.74) is 0. The molecule has 0 bridgehead atoms. The number of amides is 1. The van der Waals surface area contributed by atoms with Gasteiger partial charge in [-0.1, -0.05) is 19.8 Å². The van der Waals surface area contributed by atoms with Gasteiger partial charge < -0.3 is 10.6 Å². The Hall–Kier alpha value is -0.780. The molecule has 0 heterocycles. The number of hydrogen-bond acceptors (Lipinski definition) is 2. The van der Waals surface area contributed by atoms with E-state index in [-0.39, 0.29) is 6.04 Å². The predicted octanol–water partition coefficient (Wildman–Crippen LogP) is 2.22. The lowest BCUT2D eigenvalue weighted by Gasteiger charge is -2.22. The van der Waals surface area contributed by atoms with Gasteiger partial charge in [-0.15, -0.1) is 0 Å². The van der Waals surface area contributed by atoms with Crippen LogP contribution in [0.1, 0.15) is 39.5 Å². The highest BCUT2D eigenvalue weighted by molar-refractivity contribution is 5.81. The van der Waals surface area contributed by atoms with Crippen LogP contribution >= 0.6 is 0 Å². The summed E-state index contributed by atoms with van der Waals surface area (Å²) < 4.78 is 35.9. The SMILES string of the molecule is CCC(CC1CC1)NC(C)C(=O)NCC(F)(F)F. The van der Waals surface area contributed by atoms with E-state index < -0.39 is 24.7 Å². The molecule has 18 heavy (non-hydrogen) atoms. The summed E-state index contributed by atoms with van der Waals surface area (Å²) in [4.78, 5) is 11.5. The van der Waals surface area contributed by atoms with E-state index in [2.05, 4.69) is 5.32 Å². The second-order valence-corrected chi connectivity index (χ2v) is 5.01. The van der Waals surface area contributed by atoms with Crippen molar-refractivity contribution in [3.63, 3.8) is 0 Å². The maximum Gasteiger partial charge on any atom is 0.405 e. The molecular formula is C12H21F3N2O. The smallest absolute Gasteiger partial charge is 0.346 e. The van der Waals surface area contributed by atoms with E-state index in [0.717, 1.165) is 18.8 Å². The molecule has 3 nitrogen and oxygen atoms in total. The van der Waals surface area contributed by atoms with Gasteiger partial charge >= 0.3 is 6.18 Å². The molecular weight excluding hydrogens is 245 g/mol. The average molecular weight is 266 g/mol. The van der Waals surface area contributed by atoms with E-state index >= 15 is 0 Å². The van der Waals surface area contributed by atoms with Crippen LogP contribution in [0.5, 0.6) is 0 Å². The molecule has 0 spiro atoms. The standard InChI is InChI=1S/C12H21F3N2O/c1-3-10(6-9-4-5-9)17-8(2)11(18)16-7-12(13,14)15/h8-10,17H,3-7H2,1-2H3,(H,16,18). The Bertz CT molecular complexity index is 277. The highest BCUT2D eigenvalue weighted by Gasteiger charge is 2.30. The fourth-order valence-corrected chi connectivity index (χ4v) is 1.88. The molecule has 1 aliphatic carbocycles. The molecule has 6 heteroatoms. The highest BCUT2D eigenvalue weighted by Crippen LogP contribution is 2.34. The zero-order valence-corrected chi connectivity index (χ0v) is 10.8. The van der Waals surface area contributed by atoms with E-state index in [0.29, 0.717) is 0 Å². The summed E-state index contributed by atoms with van der Waals surface area (Å²) in [5.74, 6) is 0.134. The van der Waals surface area contributed by atoms with Crippen LogP contribution < -0.4 is 10.6 Å². The number of alkyl halides is 3. The summed E-state index contributed by atoms with van der Waals surface area (Å²) in [5, 5.41) is 4.99. The number of carbonyl (C=O) groups is 1. The van der Waals surface area contributed by atoms with E-state index in [1.54, 1.807) is 6.92 Å². The minimum atomic E-state index is -4.35. The number of halogens is 3. The van der Waals surface area contributed by atoms with Crippen molar-refractivity contribution in [1.82, 2.24) is 10.6 Å². The third-order valence-electron chi connectivity index (χ3n) is 3.15. The molecule has 0 radical (unpaired) electrons. The monoisotopic (exact) mass is 266 g/mol. The van der Waals surface area contributed by atoms with Crippen LogP contribution in [-0.2, 0) is 4.79 Å². The summed E-state index contributed by atoms with van der Waals surface area (Å²) >= 11 is 0. The molecule has 1 saturated carbocycles. The van der Waals surface area contributed by atoms with E-state index in [1.165, 1.54) is 12.8 Å². The van der Waals surface area contributed by atoms with Gasteiger partial charge in [0.15, 0.2) is 0 Å². The van der Waals surface area contributed by atoms with Crippen molar-refractivity contribution in [2.24, 2.45) is 5.92 Å². The molecule has 0 aliphatic heterocycles. The van der Waals surface area contributed by atoms with Crippen LogP contribution in [0.4, 0.5) is 13.2 Å². The van der Waals surface area contributed by atoms with Crippen molar-refractivity contribution in [1.29, 1.82) is 0 Å². The lowest BCUT2D eigenvalue weighted by Crippen LogP contribution is -2.48. The van der Waals surface area contributed by atoms with Gasteiger partial charge in [-0.2, -0.15) is 13.2 Å². The zero-order valence-electron chi connectivity index (χ0n) is 10.8. The minimum absolute atomic E-state index is 0.212.